The third kappa shape index (κ3) is 3.53. The molecule has 0 aromatic carbocycles. The third-order valence-corrected chi connectivity index (χ3v) is 5.55. The zero-order chi connectivity index (χ0) is 17.6. The summed E-state index contributed by atoms with van der Waals surface area (Å²) in [6, 6.07) is 4.15. The van der Waals surface area contributed by atoms with Crippen molar-refractivity contribution in [3.8, 4) is 12.1 Å². The Bertz CT molecular complexity index is 561. The minimum Gasteiger partial charge on any atom is -0.353 e. The quantitative estimate of drug-likeness (QED) is 0.778. The van der Waals surface area contributed by atoms with Crippen LogP contribution in [0, 0.1) is 33.5 Å². The molecule has 24 heavy (non-hydrogen) atoms. The van der Waals surface area contributed by atoms with Gasteiger partial charge >= 0.3 is 0 Å². The molecule has 0 heterocycles. The van der Waals surface area contributed by atoms with E-state index in [-0.39, 0.29) is 17.9 Å². The van der Waals surface area contributed by atoms with Crippen molar-refractivity contribution in [2.24, 2.45) is 10.8 Å². The number of rotatable bonds is 6. The van der Waals surface area contributed by atoms with Crippen molar-refractivity contribution in [2.45, 2.75) is 70.8 Å². The number of nitriles is 2. The second-order valence-electron chi connectivity index (χ2n) is 7.09. The summed E-state index contributed by atoms with van der Waals surface area (Å²) < 4.78 is 0. The highest BCUT2D eigenvalue weighted by atomic mass is 16.2. The molecule has 0 radical (unpaired) electrons. The first-order valence-corrected chi connectivity index (χ1v) is 8.94. The smallest absolute Gasteiger partial charge is 0.240 e. The maximum Gasteiger partial charge on any atom is 0.240 e. The van der Waals surface area contributed by atoms with E-state index in [1.165, 1.54) is 0 Å². The average Bonchev–Trinajstić information content (AvgIpc) is 3.28. The highest BCUT2D eigenvalue weighted by molar-refractivity contribution is 5.87. The Kier molecular flexibility index (Phi) is 5.83. The standard InChI is InChI=1S/C18H26N4O2/c1-2-14(22-16(24)18(13-20)9-5-6-10-18)11-21-15(23)17(12-19)7-3-4-8-17/h14H,2-11H2,1H3,(H,21,23)(H,22,24). The van der Waals surface area contributed by atoms with Gasteiger partial charge in [0.1, 0.15) is 10.8 Å². The van der Waals surface area contributed by atoms with Crippen molar-refractivity contribution < 1.29 is 9.59 Å². The van der Waals surface area contributed by atoms with Gasteiger partial charge in [0.25, 0.3) is 0 Å². The predicted octanol–water partition coefficient (Wildman–Crippen LogP) is 2.17. The third-order valence-electron chi connectivity index (χ3n) is 5.55. The number of hydrogen-bond donors (Lipinski definition) is 2. The van der Waals surface area contributed by atoms with Crippen molar-refractivity contribution in [2.75, 3.05) is 6.54 Å². The molecule has 2 aliphatic carbocycles. The molecule has 2 aliphatic rings. The van der Waals surface area contributed by atoms with E-state index in [2.05, 4.69) is 22.8 Å². The van der Waals surface area contributed by atoms with E-state index in [9.17, 15) is 20.1 Å². The summed E-state index contributed by atoms with van der Waals surface area (Å²) in [5.41, 5.74) is -1.81. The van der Waals surface area contributed by atoms with E-state index in [1.54, 1.807) is 0 Å². The molecule has 2 saturated carbocycles. The molecule has 2 amide bonds. The lowest BCUT2D eigenvalue weighted by Gasteiger charge is -2.26. The number of hydrogen-bond acceptors (Lipinski definition) is 4. The molecular formula is C18H26N4O2. The van der Waals surface area contributed by atoms with Crippen LogP contribution in [-0.2, 0) is 9.59 Å². The maximum atomic E-state index is 12.5. The SMILES string of the molecule is CCC(CNC(=O)C1(C#N)CCCC1)NC(=O)C1(C#N)CCCC1. The minimum atomic E-state index is -0.906. The van der Waals surface area contributed by atoms with Gasteiger partial charge in [0.05, 0.1) is 12.1 Å². The van der Waals surface area contributed by atoms with Crippen molar-refractivity contribution in [3.63, 3.8) is 0 Å². The second-order valence-corrected chi connectivity index (χ2v) is 7.09. The Morgan fingerprint density at radius 1 is 0.958 bits per heavy atom. The molecule has 6 nitrogen and oxygen atoms in total. The van der Waals surface area contributed by atoms with Gasteiger partial charge in [-0.25, -0.2) is 0 Å². The molecule has 130 valence electrons. The van der Waals surface area contributed by atoms with Crippen LogP contribution in [0.2, 0.25) is 0 Å². The Morgan fingerprint density at radius 2 is 1.42 bits per heavy atom. The molecule has 1 unspecified atom stereocenters. The lowest BCUT2D eigenvalue weighted by Crippen LogP contribution is -2.50. The lowest BCUT2D eigenvalue weighted by molar-refractivity contribution is -0.130. The summed E-state index contributed by atoms with van der Waals surface area (Å²) in [6.07, 6.45) is 6.70. The van der Waals surface area contributed by atoms with Crippen LogP contribution in [0.3, 0.4) is 0 Å². The van der Waals surface area contributed by atoms with Crippen molar-refractivity contribution in [3.05, 3.63) is 0 Å². The van der Waals surface area contributed by atoms with Crippen LogP contribution in [0.1, 0.15) is 64.7 Å². The van der Waals surface area contributed by atoms with E-state index < -0.39 is 10.8 Å². The van der Waals surface area contributed by atoms with Crippen LogP contribution in [0.4, 0.5) is 0 Å². The molecule has 2 N–H and O–H groups in total. The highest BCUT2D eigenvalue weighted by Crippen LogP contribution is 2.38. The number of nitrogens with zero attached hydrogens (tertiary/aromatic N) is 2. The average molecular weight is 330 g/mol. The fourth-order valence-electron chi connectivity index (χ4n) is 3.74. The van der Waals surface area contributed by atoms with Crippen LogP contribution >= 0.6 is 0 Å². The summed E-state index contributed by atoms with van der Waals surface area (Å²) in [7, 11) is 0. The molecule has 0 saturated heterocycles. The largest absolute Gasteiger partial charge is 0.353 e. The van der Waals surface area contributed by atoms with Crippen LogP contribution < -0.4 is 10.6 Å². The predicted molar refractivity (Wildman–Crippen MR) is 88.3 cm³/mol. The first-order chi connectivity index (χ1) is 11.5. The Hall–Kier alpha value is -2.08. The van der Waals surface area contributed by atoms with Gasteiger partial charge in [-0.3, -0.25) is 9.59 Å². The van der Waals surface area contributed by atoms with E-state index in [0.717, 1.165) is 25.7 Å². The number of nitrogens with one attached hydrogen (secondary N) is 2. The number of carbonyl (C=O) groups is 2. The number of carbonyl (C=O) groups excluding carboxylic acids is 2. The molecule has 2 rings (SSSR count). The normalized spacial score (nSPS) is 22.1. The lowest BCUT2D eigenvalue weighted by atomic mass is 9.86. The van der Waals surface area contributed by atoms with Gasteiger partial charge in [-0.2, -0.15) is 10.5 Å². The van der Waals surface area contributed by atoms with Crippen molar-refractivity contribution in [1.29, 1.82) is 10.5 Å². The number of amides is 2. The monoisotopic (exact) mass is 330 g/mol. The van der Waals surface area contributed by atoms with Gasteiger partial charge in [-0.05, 0) is 32.1 Å². The van der Waals surface area contributed by atoms with E-state index in [0.29, 0.717) is 38.6 Å². The van der Waals surface area contributed by atoms with Gasteiger partial charge in [0.15, 0.2) is 0 Å². The van der Waals surface area contributed by atoms with Crippen LogP contribution in [0.5, 0.6) is 0 Å². The molecule has 0 spiro atoms. The minimum absolute atomic E-state index is 0.218. The van der Waals surface area contributed by atoms with Gasteiger partial charge in [0, 0.05) is 12.6 Å². The summed E-state index contributed by atoms with van der Waals surface area (Å²) in [6.45, 7) is 2.23. The molecule has 0 aromatic heterocycles. The Labute approximate surface area is 143 Å². The van der Waals surface area contributed by atoms with Crippen LogP contribution in [0.15, 0.2) is 0 Å². The van der Waals surface area contributed by atoms with E-state index in [1.807, 2.05) is 6.92 Å². The summed E-state index contributed by atoms with van der Waals surface area (Å²) in [5.74, 6) is -0.453. The Balaban J connectivity index is 1.91. The topological polar surface area (TPSA) is 106 Å². The van der Waals surface area contributed by atoms with Crippen LogP contribution in [0.25, 0.3) is 0 Å². The van der Waals surface area contributed by atoms with Gasteiger partial charge < -0.3 is 10.6 Å². The molecule has 2 fully saturated rings. The molecule has 0 aromatic rings. The molecule has 1 atom stereocenters. The summed E-state index contributed by atoms with van der Waals surface area (Å²) >= 11 is 0. The van der Waals surface area contributed by atoms with Gasteiger partial charge in [0.2, 0.25) is 11.8 Å². The summed E-state index contributed by atoms with van der Waals surface area (Å²) in [4.78, 5) is 24.9. The summed E-state index contributed by atoms with van der Waals surface area (Å²) in [5, 5.41) is 24.5. The van der Waals surface area contributed by atoms with E-state index in [4.69, 9.17) is 0 Å². The zero-order valence-corrected chi connectivity index (χ0v) is 14.4. The second kappa shape index (κ2) is 7.66. The first kappa shape index (κ1) is 18.3. The van der Waals surface area contributed by atoms with E-state index >= 15 is 0 Å². The van der Waals surface area contributed by atoms with Crippen molar-refractivity contribution in [1.82, 2.24) is 10.6 Å². The fourth-order valence-corrected chi connectivity index (χ4v) is 3.74. The van der Waals surface area contributed by atoms with Gasteiger partial charge in [-0.15, -0.1) is 0 Å². The fraction of sp³-hybridized carbons (Fsp3) is 0.778. The van der Waals surface area contributed by atoms with Crippen molar-refractivity contribution >= 4 is 11.8 Å². The Morgan fingerprint density at radius 3 is 1.83 bits per heavy atom. The highest BCUT2D eigenvalue weighted by Gasteiger charge is 2.43. The molecule has 0 aliphatic heterocycles. The maximum absolute atomic E-state index is 12.5. The molecular weight excluding hydrogens is 304 g/mol. The van der Waals surface area contributed by atoms with Crippen LogP contribution in [-0.4, -0.2) is 24.4 Å². The van der Waals surface area contributed by atoms with Gasteiger partial charge in [-0.1, -0.05) is 32.6 Å². The first-order valence-electron chi connectivity index (χ1n) is 8.94. The molecule has 0 bridgehead atoms. The zero-order valence-electron chi connectivity index (χ0n) is 14.4. The molecule has 6 heteroatoms.